The summed E-state index contributed by atoms with van der Waals surface area (Å²) in [6.45, 7) is 4.20. The summed E-state index contributed by atoms with van der Waals surface area (Å²) in [5.74, 6) is -0.0435. The predicted octanol–water partition coefficient (Wildman–Crippen LogP) is 1.44. The lowest BCUT2D eigenvalue weighted by molar-refractivity contribution is -0.391. The number of hydrogen-bond acceptors (Lipinski definition) is 6. The zero-order valence-corrected chi connectivity index (χ0v) is 11.8. The highest BCUT2D eigenvalue weighted by Crippen LogP contribution is 2.32. The molecule has 20 heavy (non-hydrogen) atoms. The van der Waals surface area contributed by atoms with Crippen LogP contribution in [0.25, 0.3) is 0 Å². The second-order valence-corrected chi connectivity index (χ2v) is 4.74. The van der Waals surface area contributed by atoms with Gasteiger partial charge in [0, 0.05) is 26.0 Å². The van der Waals surface area contributed by atoms with Crippen molar-refractivity contribution in [3.8, 4) is 5.75 Å². The van der Waals surface area contributed by atoms with E-state index in [9.17, 15) is 10.1 Å². The molecule has 0 bridgehead atoms. The molecular formula is C13H19N3O4. The number of likely N-dealkylation sites (N-methyl/N-ethyl adjacent to an activating group) is 1. The maximum absolute atomic E-state index is 11.0. The van der Waals surface area contributed by atoms with Gasteiger partial charge in [0.25, 0.3) is 0 Å². The van der Waals surface area contributed by atoms with Crippen molar-refractivity contribution in [2.75, 3.05) is 13.7 Å². The van der Waals surface area contributed by atoms with Gasteiger partial charge in [-0.25, -0.2) is 0 Å². The van der Waals surface area contributed by atoms with Gasteiger partial charge in [-0.15, -0.1) is 0 Å². The van der Waals surface area contributed by atoms with E-state index in [2.05, 4.69) is 10.3 Å². The van der Waals surface area contributed by atoms with Crippen LogP contribution in [0.2, 0.25) is 0 Å². The first kappa shape index (κ1) is 14.7. The van der Waals surface area contributed by atoms with E-state index in [1.807, 2.05) is 14.0 Å². The lowest BCUT2D eigenvalue weighted by atomic mass is 9.85. The molecule has 7 nitrogen and oxygen atoms in total. The van der Waals surface area contributed by atoms with Crippen LogP contribution in [-0.4, -0.2) is 41.8 Å². The van der Waals surface area contributed by atoms with Crippen LogP contribution in [-0.2, 0) is 4.74 Å². The smallest absolute Gasteiger partial charge is 0.406 e. The number of nitrogens with zero attached hydrogens (tertiary/aromatic N) is 2. The number of aromatic nitrogens is 1. The van der Waals surface area contributed by atoms with Gasteiger partial charge in [0.2, 0.25) is 5.75 Å². The minimum absolute atomic E-state index is 0.0918. The van der Waals surface area contributed by atoms with Crippen LogP contribution < -0.4 is 10.1 Å². The Bertz CT molecular complexity index is 495. The summed E-state index contributed by atoms with van der Waals surface area (Å²) >= 11 is 0. The largest absolute Gasteiger partial charge is 0.479 e. The lowest BCUT2D eigenvalue weighted by Crippen LogP contribution is -2.60. The van der Waals surface area contributed by atoms with E-state index < -0.39 is 4.92 Å². The van der Waals surface area contributed by atoms with Crippen LogP contribution in [0.1, 0.15) is 19.0 Å². The van der Waals surface area contributed by atoms with Crippen molar-refractivity contribution in [3.05, 3.63) is 27.9 Å². The van der Waals surface area contributed by atoms with Crippen molar-refractivity contribution in [2.24, 2.45) is 0 Å². The topological polar surface area (TPSA) is 86.5 Å². The number of rotatable bonds is 6. The number of ether oxygens (including phenoxy) is 2. The molecule has 1 aliphatic carbocycles. The van der Waals surface area contributed by atoms with Crippen LogP contribution in [0.3, 0.4) is 0 Å². The van der Waals surface area contributed by atoms with Crippen molar-refractivity contribution in [3.63, 3.8) is 0 Å². The Hall–Kier alpha value is -1.73. The van der Waals surface area contributed by atoms with E-state index >= 15 is 0 Å². The fourth-order valence-electron chi connectivity index (χ4n) is 2.31. The Morgan fingerprint density at radius 3 is 2.90 bits per heavy atom. The Labute approximate surface area is 117 Å². The first-order valence-corrected chi connectivity index (χ1v) is 6.64. The minimum Gasteiger partial charge on any atom is -0.479 e. The van der Waals surface area contributed by atoms with E-state index in [1.54, 1.807) is 19.1 Å². The molecule has 1 aliphatic rings. The molecule has 0 saturated heterocycles. The molecule has 110 valence electrons. The third kappa shape index (κ3) is 2.88. The first-order chi connectivity index (χ1) is 9.56. The molecule has 3 atom stereocenters. The molecule has 2 rings (SSSR count). The van der Waals surface area contributed by atoms with Gasteiger partial charge in [0.15, 0.2) is 0 Å². The van der Waals surface area contributed by atoms with Crippen LogP contribution in [0.4, 0.5) is 5.82 Å². The monoisotopic (exact) mass is 281 g/mol. The second kappa shape index (κ2) is 6.15. The maximum atomic E-state index is 11.0. The number of pyridine rings is 1. The Kier molecular flexibility index (Phi) is 4.51. The molecule has 1 heterocycles. The third-order valence-electron chi connectivity index (χ3n) is 3.41. The number of nitro groups is 1. The first-order valence-electron chi connectivity index (χ1n) is 6.64. The Morgan fingerprint density at radius 1 is 1.55 bits per heavy atom. The van der Waals surface area contributed by atoms with Gasteiger partial charge in [-0.05, 0) is 36.0 Å². The zero-order chi connectivity index (χ0) is 14.7. The van der Waals surface area contributed by atoms with Crippen molar-refractivity contribution >= 4 is 5.82 Å². The molecule has 1 fully saturated rings. The average molecular weight is 281 g/mol. The molecule has 1 N–H and O–H groups in total. The predicted molar refractivity (Wildman–Crippen MR) is 72.9 cm³/mol. The van der Waals surface area contributed by atoms with Crippen LogP contribution in [0, 0.1) is 17.0 Å². The van der Waals surface area contributed by atoms with Crippen LogP contribution in [0.5, 0.6) is 5.75 Å². The highest BCUT2D eigenvalue weighted by Gasteiger charge is 2.43. The molecule has 3 unspecified atom stereocenters. The standard InChI is InChI=1S/C13H19N3O4/c1-4-19-12-9(14-3)7-11(12)20-10-6-5-8(2)15-13(10)16(17)18/h5-6,9,11-12,14H,4,7H2,1-3H3. The summed E-state index contributed by atoms with van der Waals surface area (Å²) in [6, 6.07) is 3.51. The van der Waals surface area contributed by atoms with Crippen molar-refractivity contribution < 1.29 is 14.4 Å². The molecule has 1 aromatic heterocycles. The van der Waals surface area contributed by atoms with E-state index in [1.165, 1.54) is 0 Å². The Balaban J connectivity index is 2.12. The van der Waals surface area contributed by atoms with E-state index in [4.69, 9.17) is 9.47 Å². The number of hydrogen-bond donors (Lipinski definition) is 1. The number of aryl methyl sites for hydroxylation is 1. The highest BCUT2D eigenvalue weighted by atomic mass is 16.6. The van der Waals surface area contributed by atoms with Gasteiger partial charge < -0.3 is 24.9 Å². The van der Waals surface area contributed by atoms with Gasteiger partial charge in [-0.3, -0.25) is 0 Å². The molecule has 1 aromatic rings. The van der Waals surface area contributed by atoms with E-state index in [0.717, 1.165) is 6.42 Å². The van der Waals surface area contributed by atoms with Crippen LogP contribution in [0.15, 0.2) is 12.1 Å². The summed E-state index contributed by atoms with van der Waals surface area (Å²) in [7, 11) is 1.86. The molecule has 7 heteroatoms. The normalized spacial score (nSPS) is 25.1. The van der Waals surface area contributed by atoms with Gasteiger partial charge in [0.05, 0.1) is 0 Å². The lowest BCUT2D eigenvalue weighted by Gasteiger charge is -2.43. The maximum Gasteiger partial charge on any atom is 0.406 e. The number of nitrogens with one attached hydrogen (secondary N) is 1. The summed E-state index contributed by atoms with van der Waals surface area (Å²) in [6.07, 6.45) is 0.480. The average Bonchev–Trinajstić information content (AvgIpc) is 2.41. The quantitative estimate of drug-likeness (QED) is 0.627. The van der Waals surface area contributed by atoms with Crippen molar-refractivity contribution in [1.29, 1.82) is 0 Å². The zero-order valence-electron chi connectivity index (χ0n) is 11.8. The van der Waals surface area contributed by atoms with Gasteiger partial charge in [-0.2, -0.15) is 0 Å². The van der Waals surface area contributed by atoms with Crippen LogP contribution >= 0.6 is 0 Å². The fraction of sp³-hybridized carbons (Fsp3) is 0.615. The van der Waals surface area contributed by atoms with Crippen molar-refractivity contribution in [1.82, 2.24) is 10.3 Å². The fourth-order valence-corrected chi connectivity index (χ4v) is 2.31. The Morgan fingerprint density at radius 2 is 2.30 bits per heavy atom. The summed E-state index contributed by atoms with van der Waals surface area (Å²) in [4.78, 5) is 14.4. The third-order valence-corrected chi connectivity index (χ3v) is 3.41. The van der Waals surface area contributed by atoms with Crippen molar-refractivity contribution in [2.45, 2.75) is 38.5 Å². The molecular weight excluding hydrogens is 262 g/mol. The molecule has 0 amide bonds. The van der Waals surface area contributed by atoms with Gasteiger partial charge in [0.1, 0.15) is 17.9 Å². The molecule has 0 aromatic carbocycles. The van der Waals surface area contributed by atoms with E-state index in [-0.39, 0.29) is 29.8 Å². The second-order valence-electron chi connectivity index (χ2n) is 4.74. The molecule has 1 saturated carbocycles. The summed E-state index contributed by atoms with van der Waals surface area (Å²) < 4.78 is 11.3. The summed E-state index contributed by atoms with van der Waals surface area (Å²) in [5, 5.41) is 14.2. The van der Waals surface area contributed by atoms with E-state index in [0.29, 0.717) is 12.3 Å². The summed E-state index contributed by atoms with van der Waals surface area (Å²) in [5.41, 5.74) is 0.590. The minimum atomic E-state index is -0.522. The highest BCUT2D eigenvalue weighted by molar-refractivity contribution is 5.40. The van der Waals surface area contributed by atoms with Gasteiger partial charge >= 0.3 is 5.82 Å². The SMILES string of the molecule is CCOC1C(NC)CC1Oc1ccc(C)nc1[N+](=O)[O-]. The van der Waals surface area contributed by atoms with Gasteiger partial charge in [-0.1, -0.05) is 0 Å². The molecule has 0 radical (unpaired) electrons. The molecule has 0 aliphatic heterocycles. The molecule has 0 spiro atoms.